The molecule has 0 aromatic heterocycles. The highest BCUT2D eigenvalue weighted by molar-refractivity contribution is 7.89. The van der Waals surface area contributed by atoms with Crippen LogP contribution in [0, 0.1) is 0 Å². The fourth-order valence-electron chi connectivity index (χ4n) is 2.58. The van der Waals surface area contributed by atoms with Gasteiger partial charge in [-0.1, -0.05) is 6.42 Å². The lowest BCUT2D eigenvalue weighted by molar-refractivity contribution is -0.120. The summed E-state index contributed by atoms with van der Waals surface area (Å²) < 4.78 is 31.6. The number of ketones is 1. The summed E-state index contributed by atoms with van der Waals surface area (Å²) in [5.41, 5.74) is 0.219. The minimum absolute atomic E-state index is 0.0195. The third kappa shape index (κ3) is 4.17. The van der Waals surface area contributed by atoms with E-state index in [2.05, 4.69) is 0 Å². The van der Waals surface area contributed by atoms with E-state index in [1.807, 2.05) is 6.92 Å². The molecule has 23 heavy (non-hydrogen) atoms. The molecule has 0 radical (unpaired) electrons. The highest BCUT2D eigenvalue weighted by Crippen LogP contribution is 2.25. The van der Waals surface area contributed by atoms with Crippen LogP contribution in [-0.4, -0.2) is 43.7 Å². The molecule has 0 N–H and O–H groups in total. The van der Waals surface area contributed by atoms with Crippen LogP contribution in [0.25, 0.3) is 0 Å². The minimum Gasteiger partial charge on any atom is -0.454 e. The Morgan fingerprint density at radius 2 is 1.87 bits per heavy atom. The molecule has 7 heteroatoms. The Morgan fingerprint density at radius 1 is 1.22 bits per heavy atom. The van der Waals surface area contributed by atoms with Crippen LogP contribution < -0.4 is 0 Å². The van der Waals surface area contributed by atoms with Crippen molar-refractivity contribution in [3.63, 3.8) is 0 Å². The Balaban J connectivity index is 2.15. The molecule has 0 saturated carbocycles. The highest BCUT2D eigenvalue weighted by Gasteiger charge is 2.30. The molecule has 1 aromatic carbocycles. The van der Waals surface area contributed by atoms with E-state index in [-0.39, 0.29) is 28.9 Å². The predicted molar refractivity (Wildman–Crippen MR) is 84.6 cm³/mol. The van der Waals surface area contributed by atoms with Gasteiger partial charge in [-0.25, -0.2) is 13.2 Å². The van der Waals surface area contributed by atoms with Crippen molar-refractivity contribution < 1.29 is 22.7 Å². The SMILES string of the molecule is CC(=O)COC(=O)c1ccc(S(=O)(=O)N2CCCC[C@H]2C)cc1. The molecule has 2 rings (SSSR count). The first kappa shape index (κ1) is 17.6. The van der Waals surface area contributed by atoms with Gasteiger partial charge in [0.1, 0.15) is 6.61 Å². The molecular formula is C16H21NO5S. The molecule has 0 bridgehead atoms. The van der Waals surface area contributed by atoms with Crippen LogP contribution in [0.3, 0.4) is 0 Å². The molecule has 1 fully saturated rings. The molecule has 1 saturated heterocycles. The highest BCUT2D eigenvalue weighted by atomic mass is 32.2. The summed E-state index contributed by atoms with van der Waals surface area (Å²) in [7, 11) is -3.55. The molecule has 1 aromatic rings. The van der Waals surface area contributed by atoms with Crippen LogP contribution in [0.15, 0.2) is 29.2 Å². The summed E-state index contributed by atoms with van der Waals surface area (Å²) >= 11 is 0. The number of carbonyl (C=O) groups excluding carboxylic acids is 2. The first-order valence-electron chi connectivity index (χ1n) is 7.61. The van der Waals surface area contributed by atoms with Gasteiger partial charge in [0.05, 0.1) is 10.5 Å². The van der Waals surface area contributed by atoms with Gasteiger partial charge in [-0.2, -0.15) is 4.31 Å². The molecule has 0 amide bonds. The maximum atomic E-state index is 12.7. The maximum Gasteiger partial charge on any atom is 0.338 e. The number of hydrogen-bond acceptors (Lipinski definition) is 5. The van der Waals surface area contributed by atoms with Gasteiger partial charge in [-0.15, -0.1) is 0 Å². The molecule has 126 valence electrons. The molecule has 1 aliphatic heterocycles. The van der Waals surface area contributed by atoms with Crippen molar-refractivity contribution in [1.29, 1.82) is 0 Å². The Labute approximate surface area is 136 Å². The van der Waals surface area contributed by atoms with E-state index in [9.17, 15) is 18.0 Å². The van der Waals surface area contributed by atoms with Gasteiger partial charge in [0, 0.05) is 12.6 Å². The number of carbonyl (C=O) groups is 2. The topological polar surface area (TPSA) is 80.8 Å². The van der Waals surface area contributed by atoms with Crippen LogP contribution in [0.5, 0.6) is 0 Å². The molecule has 1 atom stereocenters. The van der Waals surface area contributed by atoms with E-state index in [1.165, 1.54) is 35.5 Å². The van der Waals surface area contributed by atoms with Gasteiger partial charge in [0.2, 0.25) is 10.0 Å². The number of Topliss-reactive ketones (excluding diaryl/α,β-unsaturated/α-hetero) is 1. The maximum absolute atomic E-state index is 12.7. The lowest BCUT2D eigenvalue weighted by atomic mass is 10.1. The van der Waals surface area contributed by atoms with Crippen molar-refractivity contribution in [3.05, 3.63) is 29.8 Å². The van der Waals surface area contributed by atoms with E-state index in [0.717, 1.165) is 19.3 Å². The number of piperidine rings is 1. The number of sulfonamides is 1. The van der Waals surface area contributed by atoms with Crippen LogP contribution >= 0.6 is 0 Å². The Hall–Kier alpha value is -1.73. The molecule has 0 spiro atoms. The Kier molecular flexibility index (Phi) is 5.54. The standard InChI is InChI=1S/C16H21NO5S/c1-12-5-3-4-10-17(12)23(20,21)15-8-6-14(7-9-15)16(19)22-11-13(2)18/h6-9,12H,3-5,10-11H2,1-2H3/t12-/m1/s1. The number of hydrogen-bond donors (Lipinski definition) is 0. The number of esters is 1. The molecular weight excluding hydrogens is 318 g/mol. The minimum atomic E-state index is -3.55. The summed E-state index contributed by atoms with van der Waals surface area (Å²) in [6, 6.07) is 5.60. The third-order valence-electron chi connectivity index (χ3n) is 3.85. The van der Waals surface area contributed by atoms with E-state index in [4.69, 9.17) is 4.74 Å². The van der Waals surface area contributed by atoms with E-state index < -0.39 is 16.0 Å². The number of rotatable bonds is 5. The fraction of sp³-hybridized carbons (Fsp3) is 0.500. The van der Waals surface area contributed by atoms with E-state index in [0.29, 0.717) is 6.54 Å². The predicted octanol–water partition coefficient (Wildman–Crippen LogP) is 2.00. The first-order valence-corrected chi connectivity index (χ1v) is 9.05. The number of benzene rings is 1. The lowest BCUT2D eigenvalue weighted by Crippen LogP contribution is -2.41. The molecule has 1 aliphatic rings. The van der Waals surface area contributed by atoms with Gasteiger partial charge >= 0.3 is 5.97 Å². The van der Waals surface area contributed by atoms with Gasteiger partial charge in [-0.3, -0.25) is 4.79 Å². The average Bonchev–Trinajstić information content (AvgIpc) is 2.53. The fourth-order valence-corrected chi connectivity index (χ4v) is 4.28. The third-order valence-corrected chi connectivity index (χ3v) is 5.87. The number of nitrogens with zero attached hydrogens (tertiary/aromatic N) is 1. The second-order valence-corrected chi connectivity index (χ2v) is 7.65. The smallest absolute Gasteiger partial charge is 0.338 e. The van der Waals surface area contributed by atoms with E-state index in [1.54, 1.807) is 0 Å². The summed E-state index contributed by atoms with van der Waals surface area (Å²) in [4.78, 5) is 22.7. The van der Waals surface area contributed by atoms with Crippen LogP contribution in [0.4, 0.5) is 0 Å². The Bertz CT molecular complexity index is 681. The van der Waals surface area contributed by atoms with Gasteiger partial charge < -0.3 is 4.74 Å². The van der Waals surface area contributed by atoms with Crippen LogP contribution in [-0.2, 0) is 19.6 Å². The normalized spacial score (nSPS) is 19.3. The molecule has 6 nitrogen and oxygen atoms in total. The van der Waals surface area contributed by atoms with E-state index >= 15 is 0 Å². The van der Waals surface area contributed by atoms with Crippen LogP contribution in [0.1, 0.15) is 43.5 Å². The molecule has 0 unspecified atom stereocenters. The van der Waals surface area contributed by atoms with Crippen molar-refractivity contribution in [2.75, 3.05) is 13.2 Å². The second kappa shape index (κ2) is 7.23. The van der Waals surface area contributed by atoms with Gasteiger partial charge in [0.25, 0.3) is 0 Å². The zero-order valence-corrected chi connectivity index (χ0v) is 14.1. The van der Waals surface area contributed by atoms with Crippen molar-refractivity contribution in [3.8, 4) is 0 Å². The zero-order valence-electron chi connectivity index (χ0n) is 13.3. The van der Waals surface area contributed by atoms with Crippen molar-refractivity contribution in [2.24, 2.45) is 0 Å². The first-order chi connectivity index (χ1) is 10.8. The quantitative estimate of drug-likeness (QED) is 0.767. The van der Waals surface area contributed by atoms with Gasteiger partial charge in [-0.05, 0) is 51.0 Å². The number of ether oxygens (including phenoxy) is 1. The summed E-state index contributed by atoms with van der Waals surface area (Å²) in [5, 5.41) is 0. The summed E-state index contributed by atoms with van der Waals surface area (Å²) in [5.74, 6) is -0.896. The Morgan fingerprint density at radius 3 is 2.43 bits per heavy atom. The largest absolute Gasteiger partial charge is 0.454 e. The molecule has 0 aliphatic carbocycles. The van der Waals surface area contributed by atoms with Gasteiger partial charge in [0.15, 0.2) is 5.78 Å². The zero-order chi connectivity index (χ0) is 17.0. The molecule has 1 heterocycles. The van der Waals surface area contributed by atoms with Crippen LogP contribution in [0.2, 0.25) is 0 Å². The average molecular weight is 339 g/mol. The van der Waals surface area contributed by atoms with Crippen molar-refractivity contribution in [2.45, 2.75) is 44.0 Å². The lowest BCUT2D eigenvalue weighted by Gasteiger charge is -2.32. The second-order valence-electron chi connectivity index (χ2n) is 5.76. The monoisotopic (exact) mass is 339 g/mol. The van der Waals surface area contributed by atoms with Crippen molar-refractivity contribution in [1.82, 2.24) is 4.31 Å². The summed E-state index contributed by atoms with van der Waals surface area (Å²) in [6.07, 6.45) is 2.75. The van der Waals surface area contributed by atoms with Crippen molar-refractivity contribution >= 4 is 21.8 Å². The summed E-state index contributed by atoms with van der Waals surface area (Å²) in [6.45, 7) is 3.46.